The first-order valence-corrected chi connectivity index (χ1v) is 7.40. The lowest BCUT2D eigenvalue weighted by molar-refractivity contribution is -0.162. The molecule has 0 unspecified atom stereocenters. The van der Waals surface area contributed by atoms with Gasteiger partial charge in [0.25, 0.3) is 0 Å². The number of esters is 2. The number of hydrogen-bond donors (Lipinski definition) is 3. The number of benzene rings is 1. The van der Waals surface area contributed by atoms with Gasteiger partial charge in [0.05, 0.1) is 0 Å². The largest absolute Gasteiger partial charge is 0.390 e. The van der Waals surface area contributed by atoms with Gasteiger partial charge in [-0.2, -0.15) is 0 Å². The van der Waals surface area contributed by atoms with Gasteiger partial charge in [-0.3, -0.25) is 0 Å². The number of primary amides is 1. The van der Waals surface area contributed by atoms with Gasteiger partial charge in [0.1, 0.15) is 12.1 Å². The Morgan fingerprint density at radius 3 is 2.26 bits per heavy atom. The number of hydrogen-bond acceptors (Lipinski definition) is 5. The zero-order chi connectivity index (χ0) is 17.4. The molecule has 0 aliphatic heterocycles. The number of nitrogens with one attached hydrogen (secondary N) is 1. The highest BCUT2D eigenvalue weighted by atomic mass is 16.6. The molecule has 126 valence electrons. The molecule has 0 spiro atoms. The van der Waals surface area contributed by atoms with Gasteiger partial charge in [-0.05, 0) is 24.3 Å². The van der Waals surface area contributed by atoms with Gasteiger partial charge in [0.15, 0.2) is 0 Å². The number of carbonyl (C=O) groups is 3. The highest BCUT2D eigenvalue weighted by Gasteiger charge is 2.27. The van der Waals surface area contributed by atoms with Crippen LogP contribution in [0.15, 0.2) is 30.3 Å². The number of carbonyl (C=O) groups excluding carboxylic acids is 3. The van der Waals surface area contributed by atoms with E-state index in [2.05, 4.69) is 5.32 Å². The van der Waals surface area contributed by atoms with E-state index in [9.17, 15) is 14.4 Å². The molecule has 1 rings (SSSR count). The van der Waals surface area contributed by atoms with Crippen LogP contribution in [0.2, 0.25) is 0 Å². The van der Waals surface area contributed by atoms with Crippen molar-refractivity contribution in [2.45, 2.75) is 38.8 Å². The van der Waals surface area contributed by atoms with Crippen LogP contribution < -0.4 is 16.8 Å². The molecule has 23 heavy (non-hydrogen) atoms. The zero-order valence-corrected chi connectivity index (χ0v) is 13.3. The van der Waals surface area contributed by atoms with E-state index in [4.69, 9.17) is 16.2 Å². The number of amides is 2. The molecule has 2 atom stereocenters. The van der Waals surface area contributed by atoms with Crippen LogP contribution in [-0.4, -0.2) is 30.1 Å². The Bertz CT molecular complexity index is 546. The fourth-order valence-corrected chi connectivity index (χ4v) is 2.05. The molecule has 7 heteroatoms. The Morgan fingerprint density at radius 1 is 1.13 bits per heavy atom. The normalized spacial score (nSPS) is 13.2. The van der Waals surface area contributed by atoms with Crippen molar-refractivity contribution in [1.82, 2.24) is 5.32 Å². The molecule has 0 aromatic heterocycles. The van der Waals surface area contributed by atoms with E-state index in [0.29, 0.717) is 6.42 Å². The van der Waals surface area contributed by atoms with E-state index in [1.807, 2.05) is 44.2 Å². The van der Waals surface area contributed by atoms with Crippen molar-refractivity contribution < 1.29 is 19.1 Å². The second kappa shape index (κ2) is 8.89. The van der Waals surface area contributed by atoms with Crippen molar-refractivity contribution >= 4 is 18.0 Å². The predicted molar refractivity (Wildman–Crippen MR) is 85.2 cm³/mol. The van der Waals surface area contributed by atoms with Crippen molar-refractivity contribution in [2.75, 3.05) is 0 Å². The van der Waals surface area contributed by atoms with E-state index in [1.165, 1.54) is 0 Å². The van der Waals surface area contributed by atoms with Gasteiger partial charge in [-0.15, -0.1) is 0 Å². The van der Waals surface area contributed by atoms with Gasteiger partial charge < -0.3 is 21.5 Å². The summed E-state index contributed by atoms with van der Waals surface area (Å²) in [5.74, 6) is -1.59. The molecule has 5 N–H and O–H groups in total. The molecule has 0 heterocycles. The second-order valence-corrected chi connectivity index (χ2v) is 5.73. The minimum atomic E-state index is -0.972. The maximum Gasteiger partial charge on any atom is 0.336 e. The molecule has 0 radical (unpaired) electrons. The smallest absolute Gasteiger partial charge is 0.336 e. The standard InChI is InChI=1S/C16H23N3O4/c1-10(2)8-13(19-16(18)22)15(21)23-14(20)12(17)9-11-6-4-3-5-7-11/h3-7,10,12-13H,8-9,17H2,1-2H3,(H3,18,19,22)/t12-,13-/m0/s1. The molecule has 1 aromatic rings. The summed E-state index contributed by atoms with van der Waals surface area (Å²) in [6.07, 6.45) is 0.564. The van der Waals surface area contributed by atoms with E-state index >= 15 is 0 Å². The third kappa shape index (κ3) is 6.92. The Kier molecular flexibility index (Phi) is 7.21. The Morgan fingerprint density at radius 2 is 1.74 bits per heavy atom. The quantitative estimate of drug-likeness (QED) is 0.504. The van der Waals surface area contributed by atoms with Crippen LogP contribution in [-0.2, 0) is 20.7 Å². The number of ether oxygens (including phenoxy) is 1. The molecular weight excluding hydrogens is 298 g/mol. The first-order chi connectivity index (χ1) is 10.8. The molecule has 0 aliphatic carbocycles. The molecule has 1 aromatic carbocycles. The van der Waals surface area contributed by atoms with Crippen LogP contribution in [0.1, 0.15) is 25.8 Å². The van der Waals surface area contributed by atoms with E-state index in [0.717, 1.165) is 5.56 Å². The lowest BCUT2D eigenvalue weighted by Gasteiger charge is -2.18. The lowest BCUT2D eigenvalue weighted by atomic mass is 10.0. The van der Waals surface area contributed by atoms with Crippen molar-refractivity contribution in [3.05, 3.63) is 35.9 Å². The highest BCUT2D eigenvalue weighted by Crippen LogP contribution is 2.08. The number of rotatable bonds is 7. The molecule has 7 nitrogen and oxygen atoms in total. The molecule has 0 saturated carbocycles. The summed E-state index contributed by atoms with van der Waals surface area (Å²) in [4.78, 5) is 34.9. The maximum atomic E-state index is 12.0. The summed E-state index contributed by atoms with van der Waals surface area (Å²) >= 11 is 0. The predicted octanol–water partition coefficient (Wildman–Crippen LogP) is 0.709. The summed E-state index contributed by atoms with van der Waals surface area (Å²) < 4.78 is 4.78. The lowest BCUT2D eigenvalue weighted by Crippen LogP contribution is -2.47. The Hall–Kier alpha value is -2.41. The van der Waals surface area contributed by atoms with Crippen LogP contribution in [0.25, 0.3) is 0 Å². The minimum absolute atomic E-state index is 0.104. The molecule has 0 aliphatic rings. The second-order valence-electron chi connectivity index (χ2n) is 5.73. The highest BCUT2D eigenvalue weighted by molar-refractivity contribution is 5.92. The summed E-state index contributed by atoms with van der Waals surface area (Å²) in [5.41, 5.74) is 11.7. The Labute approximate surface area is 135 Å². The van der Waals surface area contributed by atoms with Crippen LogP contribution in [0.3, 0.4) is 0 Å². The zero-order valence-electron chi connectivity index (χ0n) is 13.3. The van der Waals surface area contributed by atoms with Crippen LogP contribution >= 0.6 is 0 Å². The maximum absolute atomic E-state index is 12.0. The summed E-state index contributed by atoms with van der Waals surface area (Å²) in [6.45, 7) is 3.73. The van der Waals surface area contributed by atoms with Crippen molar-refractivity contribution in [3.63, 3.8) is 0 Å². The number of urea groups is 1. The topological polar surface area (TPSA) is 125 Å². The van der Waals surface area contributed by atoms with Crippen LogP contribution in [0.4, 0.5) is 4.79 Å². The number of nitrogens with two attached hydrogens (primary N) is 2. The van der Waals surface area contributed by atoms with Gasteiger partial charge in [0, 0.05) is 0 Å². The molecule has 2 amide bonds. The third-order valence-corrected chi connectivity index (χ3v) is 3.11. The summed E-state index contributed by atoms with van der Waals surface area (Å²) in [5, 5.41) is 2.28. The average Bonchev–Trinajstić information content (AvgIpc) is 2.46. The van der Waals surface area contributed by atoms with Crippen molar-refractivity contribution in [1.29, 1.82) is 0 Å². The van der Waals surface area contributed by atoms with Gasteiger partial charge in [-0.1, -0.05) is 44.2 Å². The van der Waals surface area contributed by atoms with Crippen LogP contribution in [0.5, 0.6) is 0 Å². The van der Waals surface area contributed by atoms with Crippen molar-refractivity contribution in [2.24, 2.45) is 17.4 Å². The van der Waals surface area contributed by atoms with Gasteiger partial charge >= 0.3 is 18.0 Å². The van der Waals surface area contributed by atoms with E-state index in [1.54, 1.807) is 0 Å². The summed E-state index contributed by atoms with van der Waals surface area (Å²) in [7, 11) is 0. The fraction of sp³-hybridized carbons (Fsp3) is 0.438. The minimum Gasteiger partial charge on any atom is -0.390 e. The van der Waals surface area contributed by atoms with Crippen molar-refractivity contribution in [3.8, 4) is 0 Å². The first-order valence-electron chi connectivity index (χ1n) is 7.40. The average molecular weight is 321 g/mol. The molecule has 0 bridgehead atoms. The van der Waals surface area contributed by atoms with E-state index < -0.39 is 30.1 Å². The molecule has 0 fully saturated rings. The van der Waals surface area contributed by atoms with Gasteiger partial charge in [-0.25, -0.2) is 14.4 Å². The molecular formula is C16H23N3O4. The monoisotopic (exact) mass is 321 g/mol. The first kappa shape index (κ1) is 18.6. The van der Waals surface area contributed by atoms with Crippen LogP contribution in [0, 0.1) is 5.92 Å². The Balaban J connectivity index is 2.61. The third-order valence-electron chi connectivity index (χ3n) is 3.11. The summed E-state index contributed by atoms with van der Waals surface area (Å²) in [6, 6.07) is 6.37. The SMILES string of the molecule is CC(C)C[C@H](NC(N)=O)C(=O)OC(=O)[C@@H](N)Cc1ccccc1. The molecule has 0 saturated heterocycles. The van der Waals surface area contributed by atoms with E-state index in [-0.39, 0.29) is 12.3 Å². The van der Waals surface area contributed by atoms with Gasteiger partial charge in [0.2, 0.25) is 0 Å². The fourth-order valence-electron chi connectivity index (χ4n) is 2.05.